The van der Waals surface area contributed by atoms with E-state index in [0.29, 0.717) is 57.9 Å². The lowest BCUT2D eigenvalue weighted by molar-refractivity contribution is -0.140. The first-order valence-electron chi connectivity index (χ1n) is 11.3. The molecule has 0 bridgehead atoms. The summed E-state index contributed by atoms with van der Waals surface area (Å²) in [6, 6.07) is -0.788. The molecule has 31 heavy (non-hydrogen) atoms. The molecule has 2 rings (SSSR count). The third-order valence-electron chi connectivity index (χ3n) is 5.79. The standard InChI is InChI=1S/C22H34N4O5/c1-3-18(27)23-14-6-5-7-17(25-19(28)4-2)22(31)24-15-8-10-16(11-9-15)26-20(29)12-13-21(26)30/h12-13,15-17H,3-11,14H2,1-2H3,(H,23,27)(H,24,31)(H,25,28)/t15-,16-,17?. The summed E-state index contributed by atoms with van der Waals surface area (Å²) in [5, 5.41) is 8.61. The van der Waals surface area contributed by atoms with Crippen molar-refractivity contribution in [3.05, 3.63) is 12.2 Å². The molecule has 1 saturated carbocycles. The number of nitrogens with one attached hydrogen (secondary N) is 3. The molecule has 2 aliphatic rings. The van der Waals surface area contributed by atoms with E-state index in [4.69, 9.17) is 0 Å². The first kappa shape index (κ1) is 24.6. The van der Waals surface area contributed by atoms with Gasteiger partial charge < -0.3 is 16.0 Å². The predicted molar refractivity (Wildman–Crippen MR) is 115 cm³/mol. The Morgan fingerprint density at radius 3 is 2.16 bits per heavy atom. The molecule has 0 spiro atoms. The van der Waals surface area contributed by atoms with E-state index < -0.39 is 6.04 Å². The number of nitrogens with zero attached hydrogens (tertiary/aromatic N) is 1. The number of amides is 5. The summed E-state index contributed by atoms with van der Waals surface area (Å²) in [7, 11) is 0. The summed E-state index contributed by atoms with van der Waals surface area (Å²) >= 11 is 0. The molecule has 0 radical (unpaired) electrons. The van der Waals surface area contributed by atoms with Crippen molar-refractivity contribution in [1.29, 1.82) is 0 Å². The molecule has 1 unspecified atom stereocenters. The second kappa shape index (κ2) is 12.2. The Hall–Kier alpha value is -2.71. The second-order valence-corrected chi connectivity index (χ2v) is 8.07. The van der Waals surface area contributed by atoms with Gasteiger partial charge in [0.15, 0.2) is 0 Å². The first-order valence-corrected chi connectivity index (χ1v) is 11.3. The first-order chi connectivity index (χ1) is 14.8. The van der Waals surface area contributed by atoms with Gasteiger partial charge in [-0.1, -0.05) is 13.8 Å². The molecule has 172 valence electrons. The third-order valence-corrected chi connectivity index (χ3v) is 5.79. The van der Waals surface area contributed by atoms with E-state index >= 15 is 0 Å². The number of hydrogen-bond donors (Lipinski definition) is 3. The molecule has 1 aliphatic heterocycles. The Balaban J connectivity index is 1.79. The van der Waals surface area contributed by atoms with Gasteiger partial charge in [0.2, 0.25) is 17.7 Å². The molecule has 5 amide bonds. The summed E-state index contributed by atoms with van der Waals surface area (Å²) in [5.74, 6) is -0.929. The van der Waals surface area contributed by atoms with Gasteiger partial charge in [-0.25, -0.2) is 0 Å². The molecular weight excluding hydrogens is 400 g/mol. The van der Waals surface area contributed by atoms with Crippen molar-refractivity contribution in [3.8, 4) is 0 Å². The van der Waals surface area contributed by atoms with E-state index in [1.54, 1.807) is 13.8 Å². The fourth-order valence-corrected chi connectivity index (χ4v) is 3.94. The Bertz CT molecular complexity index is 695. The SMILES string of the molecule is CCC(=O)NCCCCC(NC(=O)CC)C(=O)N[C@H]1CC[C@H](N2C(=O)C=CC2=O)CC1. The monoisotopic (exact) mass is 434 g/mol. The van der Waals surface area contributed by atoms with Gasteiger partial charge in [0.05, 0.1) is 0 Å². The zero-order valence-electron chi connectivity index (χ0n) is 18.4. The highest BCUT2D eigenvalue weighted by Crippen LogP contribution is 2.25. The smallest absolute Gasteiger partial charge is 0.253 e. The molecule has 0 saturated heterocycles. The van der Waals surface area contributed by atoms with Gasteiger partial charge in [-0.15, -0.1) is 0 Å². The number of carbonyl (C=O) groups is 5. The topological polar surface area (TPSA) is 125 Å². The molecule has 9 nitrogen and oxygen atoms in total. The van der Waals surface area contributed by atoms with Crippen LogP contribution in [0.1, 0.15) is 71.6 Å². The molecular formula is C22H34N4O5. The molecule has 3 N–H and O–H groups in total. The van der Waals surface area contributed by atoms with E-state index in [2.05, 4.69) is 16.0 Å². The van der Waals surface area contributed by atoms with Crippen molar-refractivity contribution in [3.63, 3.8) is 0 Å². The molecule has 1 heterocycles. The fourth-order valence-electron chi connectivity index (χ4n) is 3.94. The highest BCUT2D eigenvalue weighted by molar-refractivity contribution is 6.13. The predicted octanol–water partition coefficient (Wildman–Crippen LogP) is 0.930. The second-order valence-electron chi connectivity index (χ2n) is 8.07. The van der Waals surface area contributed by atoms with Gasteiger partial charge in [0, 0.05) is 43.6 Å². The minimum Gasteiger partial charge on any atom is -0.356 e. The highest BCUT2D eigenvalue weighted by Gasteiger charge is 2.34. The maximum absolute atomic E-state index is 12.8. The molecule has 0 aromatic rings. The van der Waals surface area contributed by atoms with E-state index in [0.717, 1.165) is 6.42 Å². The van der Waals surface area contributed by atoms with Crippen LogP contribution in [-0.2, 0) is 24.0 Å². The lowest BCUT2D eigenvalue weighted by Gasteiger charge is -2.34. The van der Waals surface area contributed by atoms with Crippen molar-refractivity contribution < 1.29 is 24.0 Å². The van der Waals surface area contributed by atoms with Crippen LogP contribution in [0.25, 0.3) is 0 Å². The summed E-state index contributed by atoms with van der Waals surface area (Å²) in [5.41, 5.74) is 0. The van der Waals surface area contributed by atoms with E-state index in [1.165, 1.54) is 17.1 Å². The summed E-state index contributed by atoms with van der Waals surface area (Å²) in [4.78, 5) is 61.0. The van der Waals surface area contributed by atoms with Crippen molar-refractivity contribution >= 4 is 29.5 Å². The maximum atomic E-state index is 12.8. The van der Waals surface area contributed by atoms with Crippen molar-refractivity contribution in [2.24, 2.45) is 0 Å². The fraction of sp³-hybridized carbons (Fsp3) is 0.682. The third kappa shape index (κ3) is 7.48. The lowest BCUT2D eigenvalue weighted by atomic mass is 9.90. The molecule has 1 fully saturated rings. The van der Waals surface area contributed by atoms with Crippen LogP contribution in [0.2, 0.25) is 0 Å². The van der Waals surface area contributed by atoms with Crippen LogP contribution in [-0.4, -0.2) is 59.1 Å². The number of rotatable bonds is 11. The number of carbonyl (C=O) groups excluding carboxylic acids is 5. The summed E-state index contributed by atoms with van der Waals surface area (Å²) in [6.45, 7) is 4.08. The Kier molecular flexibility index (Phi) is 9.68. The summed E-state index contributed by atoms with van der Waals surface area (Å²) < 4.78 is 0. The van der Waals surface area contributed by atoms with Gasteiger partial charge in [0.25, 0.3) is 11.8 Å². The van der Waals surface area contributed by atoms with Crippen LogP contribution in [0.15, 0.2) is 12.2 Å². The van der Waals surface area contributed by atoms with Crippen LogP contribution in [0.3, 0.4) is 0 Å². The van der Waals surface area contributed by atoms with Crippen LogP contribution >= 0.6 is 0 Å². The Morgan fingerprint density at radius 1 is 0.968 bits per heavy atom. The average Bonchev–Trinajstić information content (AvgIpc) is 3.10. The number of imide groups is 1. The number of unbranched alkanes of at least 4 members (excludes halogenated alkanes) is 1. The lowest BCUT2D eigenvalue weighted by Crippen LogP contribution is -2.51. The summed E-state index contributed by atoms with van der Waals surface area (Å²) in [6.07, 6.45) is 7.90. The minimum absolute atomic E-state index is 0.00251. The van der Waals surface area contributed by atoms with Gasteiger partial charge in [0.1, 0.15) is 6.04 Å². The number of hydrogen-bond acceptors (Lipinski definition) is 5. The molecule has 1 atom stereocenters. The zero-order valence-corrected chi connectivity index (χ0v) is 18.4. The van der Waals surface area contributed by atoms with Crippen molar-refractivity contribution in [2.75, 3.05) is 6.54 Å². The van der Waals surface area contributed by atoms with Crippen molar-refractivity contribution in [1.82, 2.24) is 20.9 Å². The van der Waals surface area contributed by atoms with Crippen LogP contribution in [0.4, 0.5) is 0 Å². The van der Waals surface area contributed by atoms with Gasteiger partial charge in [-0.05, 0) is 44.9 Å². The molecule has 1 aliphatic carbocycles. The largest absolute Gasteiger partial charge is 0.356 e. The van der Waals surface area contributed by atoms with Crippen LogP contribution in [0.5, 0.6) is 0 Å². The van der Waals surface area contributed by atoms with Gasteiger partial charge in [-0.2, -0.15) is 0 Å². The van der Waals surface area contributed by atoms with Crippen LogP contribution in [0, 0.1) is 0 Å². The molecule has 9 heteroatoms. The van der Waals surface area contributed by atoms with E-state index in [9.17, 15) is 24.0 Å². The average molecular weight is 435 g/mol. The minimum atomic E-state index is -0.613. The molecule has 0 aromatic carbocycles. The zero-order chi connectivity index (χ0) is 22.8. The van der Waals surface area contributed by atoms with E-state index in [1.807, 2.05) is 0 Å². The normalized spacial score (nSPS) is 21.7. The molecule has 0 aromatic heterocycles. The van der Waals surface area contributed by atoms with Gasteiger partial charge in [-0.3, -0.25) is 28.9 Å². The van der Waals surface area contributed by atoms with Gasteiger partial charge >= 0.3 is 0 Å². The highest BCUT2D eigenvalue weighted by atomic mass is 16.2. The van der Waals surface area contributed by atoms with E-state index in [-0.39, 0.29) is 41.6 Å². The maximum Gasteiger partial charge on any atom is 0.253 e. The quantitative estimate of drug-likeness (QED) is 0.330. The Labute approximate surface area is 183 Å². The van der Waals surface area contributed by atoms with Crippen LogP contribution < -0.4 is 16.0 Å². The van der Waals surface area contributed by atoms with Crippen molar-refractivity contribution in [2.45, 2.75) is 89.8 Å². The Morgan fingerprint density at radius 2 is 1.58 bits per heavy atom.